The van der Waals surface area contributed by atoms with Gasteiger partial charge < -0.3 is 9.80 Å². The van der Waals surface area contributed by atoms with Crippen LogP contribution in [0.4, 0.5) is 0 Å². The molecule has 1 amide bonds. The summed E-state index contributed by atoms with van der Waals surface area (Å²) in [5, 5.41) is 0.590. The highest BCUT2D eigenvalue weighted by Crippen LogP contribution is 2.22. The zero-order chi connectivity index (χ0) is 13.3. The van der Waals surface area contributed by atoms with Gasteiger partial charge in [0, 0.05) is 32.9 Å². The van der Waals surface area contributed by atoms with Gasteiger partial charge in [0.2, 0.25) is 0 Å². The molecule has 2 saturated heterocycles. The first-order chi connectivity index (χ1) is 8.56. The van der Waals surface area contributed by atoms with Gasteiger partial charge >= 0.3 is 0 Å². The van der Waals surface area contributed by atoms with Crippen LogP contribution in [0.1, 0.15) is 19.8 Å². The maximum absolute atomic E-state index is 12.1. The second-order valence-electron chi connectivity index (χ2n) is 4.63. The molecular formula is C13H19N3OS. The van der Waals surface area contributed by atoms with Crippen molar-refractivity contribution >= 4 is 23.2 Å². The Morgan fingerprint density at radius 1 is 1.33 bits per heavy atom. The van der Waals surface area contributed by atoms with E-state index in [1.807, 2.05) is 24.0 Å². The van der Waals surface area contributed by atoms with Gasteiger partial charge in [0.1, 0.15) is 5.70 Å². The van der Waals surface area contributed by atoms with E-state index in [0.717, 1.165) is 19.5 Å². The van der Waals surface area contributed by atoms with Gasteiger partial charge in [-0.3, -0.25) is 9.69 Å². The van der Waals surface area contributed by atoms with Gasteiger partial charge in [-0.15, -0.1) is 0 Å². The molecule has 18 heavy (non-hydrogen) atoms. The Bertz CT molecular complexity index is 442. The van der Waals surface area contributed by atoms with Crippen LogP contribution in [-0.2, 0) is 4.79 Å². The number of nitrogens with zero attached hydrogens (tertiary/aromatic N) is 3. The van der Waals surface area contributed by atoms with E-state index in [-0.39, 0.29) is 5.91 Å². The normalized spacial score (nSPS) is 25.2. The van der Waals surface area contributed by atoms with E-state index in [9.17, 15) is 4.79 Å². The molecule has 2 aliphatic heterocycles. The van der Waals surface area contributed by atoms with Crippen LogP contribution < -0.4 is 0 Å². The van der Waals surface area contributed by atoms with Gasteiger partial charge in [-0.25, -0.2) is 0 Å². The van der Waals surface area contributed by atoms with Crippen LogP contribution in [0.25, 0.3) is 0 Å². The van der Waals surface area contributed by atoms with Crippen molar-refractivity contribution in [1.82, 2.24) is 14.7 Å². The second-order valence-corrected chi connectivity index (χ2v) is 4.99. The first kappa shape index (κ1) is 13.1. The Hall–Kier alpha value is -1.36. The molecule has 0 unspecified atom stereocenters. The zero-order valence-electron chi connectivity index (χ0n) is 11.1. The summed E-state index contributed by atoms with van der Waals surface area (Å²) in [7, 11) is 3.81. The molecule has 0 aromatic heterocycles. The smallest absolute Gasteiger partial charge is 0.276 e. The second kappa shape index (κ2) is 5.10. The first-order valence-corrected chi connectivity index (χ1v) is 6.68. The van der Waals surface area contributed by atoms with Crippen LogP contribution in [0.15, 0.2) is 23.5 Å². The summed E-state index contributed by atoms with van der Waals surface area (Å²) in [6.07, 6.45) is 6.22. The Kier molecular flexibility index (Phi) is 3.71. The number of hydrogen-bond donors (Lipinski definition) is 0. The van der Waals surface area contributed by atoms with Crippen LogP contribution in [-0.4, -0.2) is 52.9 Å². The Morgan fingerprint density at radius 2 is 2.06 bits per heavy atom. The number of thiocarbonyl (C=S) groups is 1. The molecule has 0 saturated carbocycles. The van der Waals surface area contributed by atoms with E-state index in [0.29, 0.717) is 10.8 Å². The van der Waals surface area contributed by atoms with Crippen molar-refractivity contribution in [3.8, 4) is 0 Å². The molecule has 0 bridgehead atoms. The molecule has 0 aliphatic carbocycles. The van der Waals surface area contributed by atoms with E-state index in [1.165, 1.54) is 17.0 Å². The lowest BCUT2D eigenvalue weighted by atomic mass is 10.2. The van der Waals surface area contributed by atoms with E-state index in [2.05, 4.69) is 11.9 Å². The summed E-state index contributed by atoms with van der Waals surface area (Å²) in [6.45, 7) is 3.82. The molecule has 0 radical (unpaired) electrons. The van der Waals surface area contributed by atoms with Crippen molar-refractivity contribution in [2.45, 2.75) is 19.8 Å². The van der Waals surface area contributed by atoms with Crippen molar-refractivity contribution < 1.29 is 4.79 Å². The molecule has 98 valence electrons. The molecule has 0 N–H and O–H groups in total. The topological polar surface area (TPSA) is 26.8 Å². The standard InChI is InChI=1S/C13H19N3OS/c1-4-16-11(12(17)15(3)13(16)18)8-7-10-6-5-9-14(10)2/h7-8H,4-6,9H2,1-3H3. The molecular weight excluding hydrogens is 246 g/mol. The summed E-state index contributed by atoms with van der Waals surface area (Å²) in [5.41, 5.74) is 1.96. The van der Waals surface area contributed by atoms with Crippen LogP contribution in [0.3, 0.4) is 0 Å². The number of likely N-dealkylation sites (N-methyl/N-ethyl adjacent to an activating group) is 2. The summed E-state index contributed by atoms with van der Waals surface area (Å²) < 4.78 is 0. The largest absolute Gasteiger partial charge is 0.378 e. The fraction of sp³-hybridized carbons (Fsp3) is 0.538. The fourth-order valence-corrected chi connectivity index (χ4v) is 2.65. The molecule has 2 fully saturated rings. The van der Waals surface area contributed by atoms with Gasteiger partial charge in [0.25, 0.3) is 5.91 Å². The zero-order valence-corrected chi connectivity index (χ0v) is 12.0. The monoisotopic (exact) mass is 265 g/mol. The molecule has 0 spiro atoms. The van der Waals surface area contributed by atoms with Crippen LogP contribution in [0.5, 0.6) is 0 Å². The first-order valence-electron chi connectivity index (χ1n) is 6.27. The van der Waals surface area contributed by atoms with E-state index >= 15 is 0 Å². The minimum Gasteiger partial charge on any atom is -0.378 e. The van der Waals surface area contributed by atoms with Gasteiger partial charge in [-0.1, -0.05) is 0 Å². The molecule has 2 rings (SSSR count). The minimum absolute atomic E-state index is 0.0145. The number of likely N-dealkylation sites (tertiary alicyclic amines) is 1. The number of carbonyl (C=O) groups excluding carboxylic acids is 1. The molecule has 4 nitrogen and oxygen atoms in total. The number of hydrogen-bond acceptors (Lipinski definition) is 3. The summed E-state index contributed by atoms with van der Waals surface area (Å²) in [6, 6.07) is 0. The fourth-order valence-electron chi connectivity index (χ4n) is 2.34. The maximum atomic E-state index is 12.1. The van der Waals surface area contributed by atoms with E-state index in [4.69, 9.17) is 12.2 Å². The number of carbonyl (C=O) groups is 1. The molecule has 2 aliphatic rings. The number of rotatable bonds is 2. The highest BCUT2D eigenvalue weighted by atomic mass is 32.1. The van der Waals surface area contributed by atoms with Crippen molar-refractivity contribution in [2.75, 3.05) is 27.2 Å². The van der Waals surface area contributed by atoms with Crippen LogP contribution in [0, 0.1) is 0 Å². The molecule has 0 aromatic carbocycles. The third-order valence-electron chi connectivity index (χ3n) is 3.50. The Morgan fingerprint density at radius 3 is 2.61 bits per heavy atom. The van der Waals surface area contributed by atoms with Gasteiger partial charge in [-0.05, 0) is 44.1 Å². The summed E-state index contributed by atoms with van der Waals surface area (Å²) in [5.74, 6) is -0.0145. The average molecular weight is 265 g/mol. The van der Waals surface area contributed by atoms with E-state index in [1.54, 1.807) is 7.05 Å². The predicted octanol–water partition coefficient (Wildman–Crippen LogP) is 1.56. The molecule has 2 heterocycles. The maximum Gasteiger partial charge on any atom is 0.276 e. The van der Waals surface area contributed by atoms with Gasteiger partial charge in [0.05, 0.1) is 0 Å². The molecule has 5 heteroatoms. The molecule has 0 aromatic rings. The van der Waals surface area contributed by atoms with Crippen LogP contribution in [0.2, 0.25) is 0 Å². The van der Waals surface area contributed by atoms with Crippen molar-refractivity contribution in [3.63, 3.8) is 0 Å². The predicted molar refractivity (Wildman–Crippen MR) is 75.8 cm³/mol. The highest BCUT2D eigenvalue weighted by Gasteiger charge is 2.33. The highest BCUT2D eigenvalue weighted by molar-refractivity contribution is 7.80. The van der Waals surface area contributed by atoms with Gasteiger partial charge in [0.15, 0.2) is 5.11 Å². The van der Waals surface area contributed by atoms with Crippen molar-refractivity contribution in [3.05, 3.63) is 23.5 Å². The Balaban J connectivity index is 2.26. The van der Waals surface area contributed by atoms with Crippen molar-refractivity contribution in [2.24, 2.45) is 0 Å². The lowest BCUT2D eigenvalue weighted by Gasteiger charge is -2.15. The quantitative estimate of drug-likeness (QED) is 0.559. The third kappa shape index (κ3) is 2.14. The SMILES string of the molecule is CCN1C(=S)N(C)C(=O)C1=CC=C1CCCN1C. The minimum atomic E-state index is -0.0145. The average Bonchev–Trinajstić information content (AvgIpc) is 2.85. The Labute approximate surface area is 114 Å². The van der Waals surface area contributed by atoms with Gasteiger partial charge in [-0.2, -0.15) is 0 Å². The third-order valence-corrected chi connectivity index (χ3v) is 3.99. The number of allylic oxidation sites excluding steroid dienone is 3. The summed E-state index contributed by atoms with van der Waals surface area (Å²) >= 11 is 5.25. The molecule has 0 atom stereocenters. The lowest BCUT2D eigenvalue weighted by Crippen LogP contribution is -2.29. The van der Waals surface area contributed by atoms with Crippen LogP contribution >= 0.6 is 12.2 Å². The summed E-state index contributed by atoms with van der Waals surface area (Å²) in [4.78, 5) is 17.7. The van der Waals surface area contributed by atoms with E-state index < -0.39 is 0 Å². The number of amides is 1. The van der Waals surface area contributed by atoms with Crippen molar-refractivity contribution in [1.29, 1.82) is 0 Å². The lowest BCUT2D eigenvalue weighted by molar-refractivity contribution is -0.121.